The molecule has 1 atom stereocenters. The molecule has 0 spiro atoms. The number of sulfonamides is 1. The summed E-state index contributed by atoms with van der Waals surface area (Å²) in [7, 11) is -2.98. The highest BCUT2D eigenvalue weighted by atomic mass is 32.2. The van der Waals surface area contributed by atoms with Crippen LogP contribution in [0.5, 0.6) is 0 Å². The van der Waals surface area contributed by atoms with Crippen LogP contribution in [0.2, 0.25) is 0 Å². The van der Waals surface area contributed by atoms with E-state index in [1.54, 1.807) is 11.2 Å². The second kappa shape index (κ2) is 7.02. The smallest absolute Gasteiger partial charge is 0.213 e. The largest absolute Gasteiger partial charge is 0.316 e. The maximum atomic E-state index is 11.8. The first-order valence-corrected chi connectivity index (χ1v) is 9.14. The van der Waals surface area contributed by atoms with Gasteiger partial charge in [-0.15, -0.1) is 0 Å². The van der Waals surface area contributed by atoms with Crippen LogP contribution in [0.4, 0.5) is 0 Å². The number of hydrogen-bond acceptors (Lipinski definition) is 4. The zero-order valence-corrected chi connectivity index (χ0v) is 12.7. The first-order chi connectivity index (χ1) is 9.12. The van der Waals surface area contributed by atoms with Crippen LogP contribution in [-0.4, -0.2) is 57.2 Å². The van der Waals surface area contributed by atoms with Crippen molar-refractivity contribution in [3.05, 3.63) is 0 Å². The van der Waals surface area contributed by atoms with Gasteiger partial charge in [-0.2, -0.15) is 0 Å². The minimum absolute atomic E-state index is 0.221. The SMILES string of the molecule is CCS(=O)(=O)N1CCC(NCC2CCCNC2)CC1. The van der Waals surface area contributed by atoms with Gasteiger partial charge in [0.2, 0.25) is 10.0 Å². The molecular formula is C13H27N3O2S. The van der Waals surface area contributed by atoms with Crippen molar-refractivity contribution in [1.82, 2.24) is 14.9 Å². The third-order valence-electron chi connectivity index (χ3n) is 4.31. The summed E-state index contributed by atoms with van der Waals surface area (Å²) in [6, 6.07) is 0.491. The Hall–Kier alpha value is -0.170. The lowest BCUT2D eigenvalue weighted by Gasteiger charge is -2.33. The van der Waals surface area contributed by atoms with Gasteiger partial charge >= 0.3 is 0 Å². The molecule has 6 heteroatoms. The third kappa shape index (κ3) is 4.41. The van der Waals surface area contributed by atoms with Crippen LogP contribution in [0, 0.1) is 5.92 Å². The molecule has 0 aromatic rings. The van der Waals surface area contributed by atoms with E-state index in [4.69, 9.17) is 0 Å². The lowest BCUT2D eigenvalue weighted by Crippen LogP contribution is -2.47. The number of nitrogens with zero attached hydrogens (tertiary/aromatic N) is 1. The first-order valence-electron chi connectivity index (χ1n) is 7.53. The quantitative estimate of drug-likeness (QED) is 0.769. The van der Waals surface area contributed by atoms with Gasteiger partial charge in [0.05, 0.1) is 5.75 Å². The fourth-order valence-electron chi connectivity index (χ4n) is 2.95. The molecule has 2 aliphatic heterocycles. The van der Waals surface area contributed by atoms with E-state index in [-0.39, 0.29) is 5.75 Å². The average Bonchev–Trinajstić information content (AvgIpc) is 2.47. The summed E-state index contributed by atoms with van der Waals surface area (Å²) >= 11 is 0. The van der Waals surface area contributed by atoms with Crippen molar-refractivity contribution < 1.29 is 8.42 Å². The topological polar surface area (TPSA) is 61.4 Å². The van der Waals surface area contributed by atoms with Crippen LogP contribution < -0.4 is 10.6 Å². The molecular weight excluding hydrogens is 262 g/mol. The van der Waals surface area contributed by atoms with Gasteiger partial charge in [-0.25, -0.2) is 12.7 Å². The summed E-state index contributed by atoms with van der Waals surface area (Å²) in [5.41, 5.74) is 0. The summed E-state index contributed by atoms with van der Waals surface area (Å²) in [5.74, 6) is 0.963. The molecule has 2 N–H and O–H groups in total. The molecule has 0 saturated carbocycles. The minimum Gasteiger partial charge on any atom is -0.316 e. The molecule has 2 rings (SSSR count). The Morgan fingerprint density at radius 1 is 1.26 bits per heavy atom. The van der Waals surface area contributed by atoms with Crippen molar-refractivity contribution in [2.24, 2.45) is 5.92 Å². The van der Waals surface area contributed by atoms with E-state index in [2.05, 4.69) is 10.6 Å². The first kappa shape index (κ1) is 15.2. The number of hydrogen-bond donors (Lipinski definition) is 2. The molecule has 0 bridgehead atoms. The van der Waals surface area contributed by atoms with Gasteiger partial charge in [0.1, 0.15) is 0 Å². The van der Waals surface area contributed by atoms with E-state index in [1.807, 2.05) is 0 Å². The number of nitrogens with one attached hydrogen (secondary N) is 2. The molecule has 0 aromatic heterocycles. The fraction of sp³-hybridized carbons (Fsp3) is 1.00. The van der Waals surface area contributed by atoms with Gasteiger partial charge in [-0.05, 0) is 58.2 Å². The minimum atomic E-state index is -2.98. The highest BCUT2D eigenvalue weighted by molar-refractivity contribution is 7.89. The van der Waals surface area contributed by atoms with Crippen LogP contribution in [0.25, 0.3) is 0 Å². The maximum Gasteiger partial charge on any atom is 0.213 e. The normalized spacial score (nSPS) is 27.5. The number of piperidine rings is 2. The lowest BCUT2D eigenvalue weighted by atomic mass is 9.98. The van der Waals surface area contributed by atoms with E-state index in [1.165, 1.54) is 12.8 Å². The van der Waals surface area contributed by atoms with Crippen LogP contribution in [0.1, 0.15) is 32.6 Å². The Kier molecular flexibility index (Phi) is 5.62. The summed E-state index contributed by atoms with van der Waals surface area (Å²) < 4.78 is 25.2. The van der Waals surface area contributed by atoms with Gasteiger partial charge in [0.25, 0.3) is 0 Å². The molecule has 1 unspecified atom stereocenters. The molecule has 0 radical (unpaired) electrons. The molecule has 2 saturated heterocycles. The zero-order chi connectivity index (χ0) is 13.7. The van der Waals surface area contributed by atoms with Crippen molar-refractivity contribution in [3.63, 3.8) is 0 Å². The second-order valence-electron chi connectivity index (χ2n) is 5.69. The standard InChI is InChI=1S/C13H27N3O2S/c1-2-19(17,18)16-8-5-13(6-9-16)15-11-12-4-3-7-14-10-12/h12-15H,2-11H2,1H3. The molecule has 5 nitrogen and oxygen atoms in total. The molecule has 0 aliphatic carbocycles. The maximum absolute atomic E-state index is 11.8. The van der Waals surface area contributed by atoms with Crippen molar-refractivity contribution in [2.75, 3.05) is 38.5 Å². The number of rotatable bonds is 5. The molecule has 0 aromatic carbocycles. The highest BCUT2D eigenvalue weighted by Gasteiger charge is 2.26. The molecule has 2 heterocycles. The third-order valence-corrected chi connectivity index (χ3v) is 6.19. The summed E-state index contributed by atoms with van der Waals surface area (Å²) in [4.78, 5) is 0. The van der Waals surface area contributed by atoms with E-state index in [0.29, 0.717) is 19.1 Å². The summed E-state index contributed by atoms with van der Waals surface area (Å²) in [6.45, 7) is 6.42. The van der Waals surface area contributed by atoms with Gasteiger partial charge in [-0.1, -0.05) is 0 Å². The van der Waals surface area contributed by atoms with Crippen LogP contribution in [0.15, 0.2) is 0 Å². The Balaban J connectivity index is 1.68. The van der Waals surface area contributed by atoms with Crippen molar-refractivity contribution in [3.8, 4) is 0 Å². The average molecular weight is 289 g/mol. The van der Waals surface area contributed by atoms with Crippen molar-refractivity contribution >= 4 is 10.0 Å². The predicted molar refractivity (Wildman–Crippen MR) is 77.7 cm³/mol. The Bertz CT molecular complexity index is 358. The van der Waals surface area contributed by atoms with E-state index < -0.39 is 10.0 Å². The van der Waals surface area contributed by atoms with E-state index in [9.17, 15) is 8.42 Å². The summed E-state index contributed by atoms with van der Waals surface area (Å²) in [5, 5.41) is 7.05. The van der Waals surface area contributed by atoms with Crippen LogP contribution in [-0.2, 0) is 10.0 Å². The van der Waals surface area contributed by atoms with Gasteiger partial charge in [0.15, 0.2) is 0 Å². The van der Waals surface area contributed by atoms with Gasteiger partial charge in [0, 0.05) is 19.1 Å². The zero-order valence-electron chi connectivity index (χ0n) is 11.9. The molecule has 19 heavy (non-hydrogen) atoms. The molecule has 2 aliphatic rings. The second-order valence-corrected chi connectivity index (χ2v) is 7.95. The van der Waals surface area contributed by atoms with E-state index in [0.717, 1.165) is 38.4 Å². The Morgan fingerprint density at radius 2 is 2.00 bits per heavy atom. The van der Waals surface area contributed by atoms with Crippen LogP contribution >= 0.6 is 0 Å². The van der Waals surface area contributed by atoms with Gasteiger partial charge < -0.3 is 10.6 Å². The fourth-order valence-corrected chi connectivity index (χ4v) is 4.08. The molecule has 0 amide bonds. The monoisotopic (exact) mass is 289 g/mol. The lowest BCUT2D eigenvalue weighted by molar-refractivity contribution is 0.269. The highest BCUT2D eigenvalue weighted by Crippen LogP contribution is 2.15. The molecule has 112 valence electrons. The molecule has 2 fully saturated rings. The van der Waals surface area contributed by atoms with E-state index >= 15 is 0 Å². The van der Waals surface area contributed by atoms with Crippen molar-refractivity contribution in [1.29, 1.82) is 0 Å². The van der Waals surface area contributed by atoms with Crippen molar-refractivity contribution in [2.45, 2.75) is 38.6 Å². The summed E-state index contributed by atoms with van der Waals surface area (Å²) in [6.07, 6.45) is 4.47. The predicted octanol–water partition coefficient (Wildman–Crippen LogP) is 0.390. The Labute approximate surface area is 117 Å². The van der Waals surface area contributed by atoms with Crippen LogP contribution in [0.3, 0.4) is 0 Å². The van der Waals surface area contributed by atoms with Gasteiger partial charge in [-0.3, -0.25) is 0 Å². The Morgan fingerprint density at radius 3 is 2.58 bits per heavy atom.